The summed E-state index contributed by atoms with van der Waals surface area (Å²) in [6.45, 7) is 3.83. The van der Waals surface area contributed by atoms with E-state index in [1.165, 1.54) is 19.3 Å². The number of fused-ring (bicyclic) bond motifs is 1. The lowest BCUT2D eigenvalue weighted by Crippen LogP contribution is -2.08. The molecule has 0 radical (unpaired) electrons. The summed E-state index contributed by atoms with van der Waals surface area (Å²) in [6, 6.07) is 8.85. The maximum Gasteiger partial charge on any atom is -0.0125 e. The van der Waals surface area contributed by atoms with Gasteiger partial charge in [0.2, 0.25) is 0 Å². The summed E-state index contributed by atoms with van der Waals surface area (Å²) in [4.78, 5) is 0. The zero-order chi connectivity index (χ0) is 9.10. The van der Waals surface area contributed by atoms with Crippen molar-refractivity contribution in [2.24, 2.45) is 0 Å². The number of benzene rings is 1. The van der Waals surface area contributed by atoms with Crippen LogP contribution >= 0.6 is 0 Å². The third-order valence-electron chi connectivity index (χ3n) is 2.94. The molecule has 0 fully saturated rings. The van der Waals surface area contributed by atoms with E-state index in [-0.39, 0.29) is 0 Å². The summed E-state index contributed by atoms with van der Waals surface area (Å²) in [5.74, 6) is 0.738. The van der Waals surface area contributed by atoms with Crippen LogP contribution in [0.3, 0.4) is 0 Å². The molecule has 0 aromatic heterocycles. The Labute approximate surface area is 80.3 Å². The molecule has 1 atom stereocenters. The first-order valence-electron chi connectivity index (χ1n) is 5.10. The molecular weight excluding hydrogens is 156 g/mol. The molecule has 0 spiro atoms. The van der Waals surface area contributed by atoms with Crippen molar-refractivity contribution < 1.29 is 0 Å². The zero-order valence-corrected chi connectivity index (χ0v) is 8.00. The van der Waals surface area contributed by atoms with Gasteiger partial charge in [0.05, 0.1) is 0 Å². The summed E-state index contributed by atoms with van der Waals surface area (Å²) in [7, 11) is 0. The lowest BCUT2D eigenvalue weighted by molar-refractivity contribution is 0.558. The van der Waals surface area contributed by atoms with Gasteiger partial charge in [0, 0.05) is 0 Å². The number of hydrogen-bond donors (Lipinski definition) is 0. The zero-order valence-electron chi connectivity index (χ0n) is 8.00. The van der Waals surface area contributed by atoms with Crippen LogP contribution in [0.2, 0.25) is 0 Å². The molecule has 68 valence electrons. The van der Waals surface area contributed by atoms with Gasteiger partial charge in [-0.05, 0) is 42.7 Å². The Bertz CT molecular complexity index is 299. The Kier molecular flexibility index (Phi) is 2.49. The van der Waals surface area contributed by atoms with E-state index in [0.717, 1.165) is 12.3 Å². The second-order valence-corrected chi connectivity index (χ2v) is 3.81. The minimum atomic E-state index is 0.738. The van der Waals surface area contributed by atoms with E-state index in [4.69, 9.17) is 0 Å². The molecule has 2 rings (SSSR count). The quantitative estimate of drug-likeness (QED) is 0.597. The van der Waals surface area contributed by atoms with Crippen molar-refractivity contribution >= 4 is 0 Å². The molecule has 0 bridgehead atoms. The average molecular weight is 172 g/mol. The summed E-state index contributed by atoms with van der Waals surface area (Å²) in [6.07, 6.45) is 7.13. The summed E-state index contributed by atoms with van der Waals surface area (Å²) >= 11 is 0. The molecule has 1 aromatic carbocycles. The molecule has 1 aromatic rings. The highest BCUT2D eigenvalue weighted by Crippen LogP contribution is 2.33. The first-order valence-corrected chi connectivity index (χ1v) is 5.10. The van der Waals surface area contributed by atoms with E-state index < -0.39 is 0 Å². The van der Waals surface area contributed by atoms with Gasteiger partial charge < -0.3 is 0 Å². The standard InChI is InChI=1S/C13H16/c1-2-6-11-8-5-9-12-7-3-4-10-13(11)12/h2-4,7,10-11H,1,5-6,8-9H2/t11-/m0/s1. The van der Waals surface area contributed by atoms with Crippen LogP contribution in [-0.2, 0) is 6.42 Å². The number of rotatable bonds is 2. The molecule has 0 heterocycles. The third-order valence-corrected chi connectivity index (χ3v) is 2.94. The van der Waals surface area contributed by atoms with Crippen LogP contribution in [0.15, 0.2) is 36.9 Å². The van der Waals surface area contributed by atoms with Gasteiger partial charge >= 0.3 is 0 Å². The fourth-order valence-corrected chi connectivity index (χ4v) is 2.30. The molecular formula is C13H16. The van der Waals surface area contributed by atoms with Crippen molar-refractivity contribution in [2.45, 2.75) is 31.6 Å². The van der Waals surface area contributed by atoms with Gasteiger partial charge in [0.25, 0.3) is 0 Å². The van der Waals surface area contributed by atoms with Crippen LogP contribution in [-0.4, -0.2) is 0 Å². The first kappa shape index (κ1) is 8.55. The molecule has 0 saturated heterocycles. The smallest absolute Gasteiger partial charge is 0.0125 e. The Morgan fingerprint density at radius 3 is 3.08 bits per heavy atom. The van der Waals surface area contributed by atoms with Crippen LogP contribution in [0.4, 0.5) is 0 Å². The molecule has 0 amide bonds. The highest BCUT2D eigenvalue weighted by Gasteiger charge is 2.17. The summed E-state index contributed by atoms with van der Waals surface area (Å²) < 4.78 is 0. The Hall–Kier alpha value is -1.04. The van der Waals surface area contributed by atoms with Crippen molar-refractivity contribution in [3.63, 3.8) is 0 Å². The predicted octanol–water partition coefficient (Wildman–Crippen LogP) is 3.68. The molecule has 0 heteroatoms. The molecule has 0 nitrogen and oxygen atoms in total. The van der Waals surface area contributed by atoms with Crippen molar-refractivity contribution in [1.82, 2.24) is 0 Å². The van der Waals surface area contributed by atoms with Gasteiger partial charge in [-0.1, -0.05) is 30.3 Å². The molecule has 0 N–H and O–H groups in total. The van der Waals surface area contributed by atoms with Crippen LogP contribution in [0.1, 0.15) is 36.3 Å². The third kappa shape index (κ3) is 1.67. The minimum Gasteiger partial charge on any atom is -0.103 e. The molecule has 1 aliphatic carbocycles. The summed E-state index contributed by atoms with van der Waals surface area (Å²) in [5.41, 5.74) is 3.12. The second-order valence-electron chi connectivity index (χ2n) is 3.81. The van der Waals surface area contributed by atoms with Gasteiger partial charge in [0.1, 0.15) is 0 Å². The van der Waals surface area contributed by atoms with Gasteiger partial charge in [-0.2, -0.15) is 0 Å². The highest BCUT2D eigenvalue weighted by molar-refractivity contribution is 5.32. The minimum absolute atomic E-state index is 0.738. The lowest BCUT2D eigenvalue weighted by Gasteiger charge is -2.24. The Balaban J connectivity index is 2.31. The first-order chi connectivity index (χ1) is 6.42. The number of allylic oxidation sites excluding steroid dienone is 1. The number of hydrogen-bond acceptors (Lipinski definition) is 0. The normalized spacial score (nSPS) is 20.8. The van der Waals surface area contributed by atoms with E-state index in [9.17, 15) is 0 Å². The van der Waals surface area contributed by atoms with Crippen molar-refractivity contribution in [2.75, 3.05) is 0 Å². The van der Waals surface area contributed by atoms with Crippen LogP contribution in [0, 0.1) is 0 Å². The molecule has 0 unspecified atom stereocenters. The van der Waals surface area contributed by atoms with Crippen molar-refractivity contribution in [3.05, 3.63) is 48.0 Å². The lowest BCUT2D eigenvalue weighted by atomic mass is 9.81. The van der Waals surface area contributed by atoms with E-state index in [2.05, 4.69) is 30.8 Å². The van der Waals surface area contributed by atoms with Gasteiger partial charge in [-0.3, -0.25) is 0 Å². The molecule has 0 aliphatic heterocycles. The number of aryl methyl sites for hydroxylation is 1. The van der Waals surface area contributed by atoms with Crippen molar-refractivity contribution in [3.8, 4) is 0 Å². The van der Waals surface area contributed by atoms with Crippen LogP contribution in [0.25, 0.3) is 0 Å². The monoisotopic (exact) mass is 172 g/mol. The Morgan fingerprint density at radius 1 is 1.38 bits per heavy atom. The topological polar surface area (TPSA) is 0 Å². The van der Waals surface area contributed by atoms with E-state index >= 15 is 0 Å². The second kappa shape index (κ2) is 3.78. The molecule has 1 aliphatic rings. The van der Waals surface area contributed by atoms with Crippen LogP contribution < -0.4 is 0 Å². The average Bonchev–Trinajstić information content (AvgIpc) is 2.19. The van der Waals surface area contributed by atoms with E-state index in [0.29, 0.717) is 0 Å². The predicted molar refractivity (Wildman–Crippen MR) is 56.9 cm³/mol. The largest absolute Gasteiger partial charge is 0.103 e. The van der Waals surface area contributed by atoms with Gasteiger partial charge in [-0.15, -0.1) is 6.58 Å². The summed E-state index contributed by atoms with van der Waals surface area (Å²) in [5, 5.41) is 0. The molecule has 13 heavy (non-hydrogen) atoms. The Morgan fingerprint density at radius 2 is 2.23 bits per heavy atom. The highest BCUT2D eigenvalue weighted by atomic mass is 14.2. The van der Waals surface area contributed by atoms with E-state index in [1.54, 1.807) is 11.1 Å². The van der Waals surface area contributed by atoms with Gasteiger partial charge in [0.15, 0.2) is 0 Å². The maximum atomic E-state index is 3.83. The van der Waals surface area contributed by atoms with Gasteiger partial charge in [-0.25, -0.2) is 0 Å². The van der Waals surface area contributed by atoms with Crippen molar-refractivity contribution in [1.29, 1.82) is 0 Å². The fraction of sp³-hybridized carbons (Fsp3) is 0.385. The molecule has 0 saturated carbocycles. The van der Waals surface area contributed by atoms with E-state index in [1.807, 2.05) is 6.08 Å². The SMILES string of the molecule is C=CC[C@H]1CCCc2ccccc21. The fourth-order valence-electron chi connectivity index (χ4n) is 2.30. The maximum absolute atomic E-state index is 3.83. The van der Waals surface area contributed by atoms with Crippen LogP contribution in [0.5, 0.6) is 0 Å².